The minimum atomic E-state index is -0.0794. The third-order valence-corrected chi connectivity index (χ3v) is 9.99. The van der Waals surface area contributed by atoms with E-state index in [2.05, 4.69) is 0 Å². The van der Waals surface area contributed by atoms with Crippen LogP contribution < -0.4 is 33.9 Å². The molecule has 3 aliphatic rings. The number of hydrogen-bond donors (Lipinski definition) is 3. The summed E-state index contributed by atoms with van der Waals surface area (Å²) in [5.74, 6) is 0. The molecule has 0 radical (unpaired) electrons. The van der Waals surface area contributed by atoms with Crippen LogP contribution in [0.15, 0.2) is 69.4 Å². The predicted octanol–water partition coefficient (Wildman–Crippen LogP) is 4.68. The van der Waals surface area contributed by atoms with Crippen molar-refractivity contribution >= 4 is 17.1 Å². The van der Waals surface area contributed by atoms with Crippen LogP contribution in [0.25, 0.3) is 0 Å². The van der Waals surface area contributed by atoms with Gasteiger partial charge in [0.1, 0.15) is 0 Å². The van der Waals surface area contributed by atoms with Crippen molar-refractivity contribution in [3.05, 3.63) is 86.1 Å². The molecule has 6 rings (SSSR count). The Kier molecular flexibility index (Phi) is 13.9. The van der Waals surface area contributed by atoms with E-state index in [0.29, 0.717) is 17.1 Å². The molecule has 12 heteroatoms. The van der Waals surface area contributed by atoms with Crippen LogP contribution in [-0.4, -0.2) is 53.3 Å². The topological polar surface area (TPSA) is 172 Å². The molecule has 6 N–H and O–H groups in total. The second kappa shape index (κ2) is 18.0. The maximum absolute atomic E-state index is 11.9. The van der Waals surface area contributed by atoms with Crippen LogP contribution in [0, 0.1) is 0 Å². The summed E-state index contributed by atoms with van der Waals surface area (Å²) < 4.78 is 21.4. The molecule has 0 aromatic carbocycles. The molecule has 0 spiro atoms. The van der Waals surface area contributed by atoms with Gasteiger partial charge in [-0.2, -0.15) is 0 Å². The van der Waals surface area contributed by atoms with Crippen LogP contribution in [0.2, 0.25) is 0 Å². The van der Waals surface area contributed by atoms with Gasteiger partial charge in [-0.05, 0) is 113 Å². The van der Waals surface area contributed by atoms with Gasteiger partial charge in [-0.15, -0.1) is 0 Å². The third-order valence-electron chi connectivity index (χ3n) is 9.99. The molecule has 3 aliphatic carbocycles. The lowest BCUT2D eigenvalue weighted by Gasteiger charge is -2.29. The summed E-state index contributed by atoms with van der Waals surface area (Å²) in [4.78, 5) is 35.6. The molecule has 0 saturated heterocycles. The first-order chi connectivity index (χ1) is 23.2. The van der Waals surface area contributed by atoms with Gasteiger partial charge in [0.2, 0.25) is 0 Å². The van der Waals surface area contributed by atoms with Crippen molar-refractivity contribution in [3.63, 3.8) is 0 Å². The molecule has 3 fully saturated rings. The van der Waals surface area contributed by atoms with Crippen molar-refractivity contribution in [1.29, 1.82) is 0 Å². The average molecular weight is 667 g/mol. The zero-order valence-corrected chi connectivity index (χ0v) is 28.7. The highest BCUT2D eigenvalue weighted by Gasteiger charge is 2.25. The van der Waals surface area contributed by atoms with Gasteiger partial charge in [-0.25, -0.2) is 0 Å². The van der Waals surface area contributed by atoms with Gasteiger partial charge in [0.05, 0.1) is 35.4 Å². The normalized spacial score (nSPS) is 25.6. The Labute approximate surface area is 282 Å². The fourth-order valence-corrected chi connectivity index (χ4v) is 7.21. The third kappa shape index (κ3) is 9.61. The molecule has 12 nitrogen and oxygen atoms in total. The highest BCUT2D eigenvalue weighted by molar-refractivity contribution is 5.35. The van der Waals surface area contributed by atoms with Gasteiger partial charge in [0, 0.05) is 58.0 Å². The quantitative estimate of drug-likeness (QED) is 0.338. The fourth-order valence-electron chi connectivity index (χ4n) is 7.21. The number of hydrogen-bond acceptors (Lipinski definition) is 9. The van der Waals surface area contributed by atoms with Crippen molar-refractivity contribution < 1.29 is 14.2 Å². The molecule has 48 heavy (non-hydrogen) atoms. The van der Waals surface area contributed by atoms with Gasteiger partial charge in [-0.1, -0.05) is 0 Å². The van der Waals surface area contributed by atoms with Crippen molar-refractivity contribution in [2.45, 2.75) is 113 Å². The number of methoxy groups -OCH3 is 3. The number of rotatable bonds is 6. The first kappa shape index (κ1) is 37.0. The van der Waals surface area contributed by atoms with E-state index >= 15 is 0 Å². The number of nitrogen functional groups attached to an aromatic ring is 3. The van der Waals surface area contributed by atoms with Gasteiger partial charge >= 0.3 is 0 Å². The summed E-state index contributed by atoms with van der Waals surface area (Å²) in [6.45, 7) is 0. The molecular weight excluding hydrogens is 612 g/mol. The highest BCUT2D eigenvalue weighted by atomic mass is 16.5. The second-order valence-corrected chi connectivity index (χ2v) is 13.1. The number of anilines is 3. The molecule has 3 aromatic heterocycles. The van der Waals surface area contributed by atoms with E-state index in [1.807, 2.05) is 36.8 Å². The Hall–Kier alpha value is -3.87. The smallest absolute Gasteiger partial charge is 0.273 e. The first-order valence-corrected chi connectivity index (χ1v) is 17.1. The van der Waals surface area contributed by atoms with E-state index < -0.39 is 0 Å². The monoisotopic (exact) mass is 666 g/mol. The summed E-state index contributed by atoms with van der Waals surface area (Å²) in [5, 5.41) is 0. The number of nitrogens with two attached hydrogens (primary N) is 3. The van der Waals surface area contributed by atoms with Gasteiger partial charge < -0.3 is 45.1 Å². The summed E-state index contributed by atoms with van der Waals surface area (Å²) in [5.41, 5.74) is 17.6. The minimum absolute atomic E-state index is 0.0794. The molecule has 0 amide bonds. The van der Waals surface area contributed by atoms with Crippen LogP contribution >= 0.6 is 0 Å². The van der Waals surface area contributed by atoms with Crippen LogP contribution in [0.5, 0.6) is 0 Å². The molecular formula is C36H54N6O6. The molecule has 0 bridgehead atoms. The van der Waals surface area contributed by atoms with E-state index in [9.17, 15) is 14.4 Å². The van der Waals surface area contributed by atoms with Crippen molar-refractivity contribution in [3.8, 4) is 0 Å². The zero-order valence-electron chi connectivity index (χ0n) is 28.7. The van der Waals surface area contributed by atoms with Gasteiger partial charge in [-0.3, -0.25) is 14.4 Å². The lowest BCUT2D eigenvalue weighted by atomic mass is 9.92. The minimum Gasteiger partial charge on any atom is -0.394 e. The van der Waals surface area contributed by atoms with Crippen molar-refractivity contribution in [2.24, 2.45) is 0 Å². The van der Waals surface area contributed by atoms with E-state index in [4.69, 9.17) is 31.4 Å². The van der Waals surface area contributed by atoms with E-state index in [1.54, 1.807) is 53.2 Å². The maximum Gasteiger partial charge on any atom is 0.273 e. The molecule has 3 aromatic rings. The van der Waals surface area contributed by atoms with Crippen LogP contribution in [-0.2, 0) is 14.2 Å². The molecule has 3 saturated carbocycles. The van der Waals surface area contributed by atoms with Crippen LogP contribution in [0.3, 0.4) is 0 Å². The summed E-state index contributed by atoms with van der Waals surface area (Å²) in [6, 6.07) is 11.1. The van der Waals surface area contributed by atoms with Gasteiger partial charge in [0.15, 0.2) is 0 Å². The highest BCUT2D eigenvalue weighted by Crippen LogP contribution is 2.31. The van der Waals surface area contributed by atoms with Crippen LogP contribution in [0.4, 0.5) is 17.1 Å². The Balaban J connectivity index is 0.000000163. The molecule has 0 aliphatic heterocycles. The Bertz CT molecular complexity index is 1430. The predicted molar refractivity (Wildman–Crippen MR) is 190 cm³/mol. The number of pyridine rings is 3. The molecule has 6 atom stereocenters. The Morgan fingerprint density at radius 2 is 0.771 bits per heavy atom. The SMILES string of the molecule is CO[C@@H]1CCC[C@@H](n2cccc(N)c2=O)C1.CO[C@@H]1CCC[C@@H](n2cccc(N)c2=O)C1.CO[C@H]1CCC[C@H](n2cccc(N)c2=O)C1. The van der Waals surface area contributed by atoms with E-state index in [-0.39, 0.29) is 53.1 Å². The summed E-state index contributed by atoms with van der Waals surface area (Å²) in [6.07, 6.45) is 18.6. The standard InChI is InChI=1S/3C12H18N2O2/c3*1-16-10-5-2-4-9(8-10)14-7-3-6-11(13)12(14)15/h3*3,6-7,9-10H,2,4-5,8,13H2,1H3/t3*9-,10-/m110/s1. The molecule has 264 valence electrons. The zero-order chi connectivity index (χ0) is 34.6. The average Bonchev–Trinajstić information content (AvgIpc) is 3.12. The number of aromatic nitrogens is 3. The van der Waals surface area contributed by atoms with Gasteiger partial charge in [0.25, 0.3) is 16.7 Å². The maximum atomic E-state index is 11.9. The van der Waals surface area contributed by atoms with Crippen molar-refractivity contribution in [1.82, 2.24) is 13.7 Å². The molecule has 0 unspecified atom stereocenters. The fraction of sp³-hybridized carbons (Fsp3) is 0.583. The lowest BCUT2D eigenvalue weighted by molar-refractivity contribution is 0.0523. The summed E-state index contributed by atoms with van der Waals surface area (Å²) >= 11 is 0. The largest absolute Gasteiger partial charge is 0.394 e. The van der Waals surface area contributed by atoms with Crippen LogP contribution in [0.1, 0.15) is 95.2 Å². The lowest BCUT2D eigenvalue weighted by Crippen LogP contribution is -2.31. The first-order valence-electron chi connectivity index (χ1n) is 17.1. The number of ether oxygens (including phenoxy) is 3. The summed E-state index contributed by atoms with van der Waals surface area (Å²) in [7, 11) is 5.19. The van der Waals surface area contributed by atoms with E-state index in [1.165, 1.54) is 0 Å². The number of nitrogens with zero attached hydrogens (tertiary/aromatic N) is 3. The Morgan fingerprint density at radius 3 is 1.02 bits per heavy atom. The Morgan fingerprint density at radius 1 is 0.500 bits per heavy atom. The van der Waals surface area contributed by atoms with E-state index in [0.717, 1.165) is 77.0 Å². The molecule has 3 heterocycles. The van der Waals surface area contributed by atoms with Crippen molar-refractivity contribution in [2.75, 3.05) is 38.5 Å². The second-order valence-electron chi connectivity index (χ2n) is 13.1.